The van der Waals surface area contributed by atoms with E-state index >= 15 is 0 Å². The molecule has 0 amide bonds. The first-order valence-corrected chi connectivity index (χ1v) is 12.6. The third-order valence-corrected chi connectivity index (χ3v) is 5.16. The predicted molar refractivity (Wildman–Crippen MR) is 112 cm³/mol. The van der Waals surface area contributed by atoms with E-state index in [4.69, 9.17) is 0 Å². The summed E-state index contributed by atoms with van der Waals surface area (Å²) in [5.41, 5.74) is 8.09. The number of allylic oxidation sites excluding steroid dienone is 2. The summed E-state index contributed by atoms with van der Waals surface area (Å²) in [4.78, 5) is 0. The molecule has 0 unspecified atom stereocenters. The largest absolute Gasteiger partial charge is 0.0913 e. The van der Waals surface area contributed by atoms with Crippen LogP contribution >= 0.6 is 0 Å². The summed E-state index contributed by atoms with van der Waals surface area (Å²) in [5.74, 6) is 0. The smallest absolute Gasteiger partial charge is 0.0690 e. The molecule has 2 aromatic carbocycles. The van der Waals surface area contributed by atoms with Crippen LogP contribution in [0.4, 0.5) is 0 Å². The van der Waals surface area contributed by atoms with Crippen LogP contribution in [-0.4, -0.2) is 8.07 Å². The molecule has 0 saturated carbocycles. The Labute approximate surface area is 149 Å². The molecule has 0 atom stereocenters. The first kappa shape index (κ1) is 18.5. The first-order valence-electron chi connectivity index (χ1n) is 9.04. The molecule has 0 fully saturated rings. The molecule has 0 saturated heterocycles. The molecule has 0 aliphatic heterocycles. The maximum absolute atomic E-state index is 2.59. The summed E-state index contributed by atoms with van der Waals surface area (Å²) in [6, 6.07) is 21.5. The lowest BCUT2D eigenvalue weighted by atomic mass is 9.93. The van der Waals surface area contributed by atoms with Gasteiger partial charge in [0.2, 0.25) is 0 Å². The summed E-state index contributed by atoms with van der Waals surface area (Å²) in [5, 5.41) is 0. The van der Waals surface area contributed by atoms with E-state index in [0.717, 1.165) is 6.42 Å². The van der Waals surface area contributed by atoms with E-state index in [9.17, 15) is 0 Å². The van der Waals surface area contributed by atoms with Crippen LogP contribution in [0.3, 0.4) is 0 Å². The number of unbranched alkanes of at least 4 members (excludes halogenated alkanes) is 1. The number of benzene rings is 2. The van der Waals surface area contributed by atoms with Crippen LogP contribution in [0.5, 0.6) is 0 Å². The van der Waals surface area contributed by atoms with Crippen molar-refractivity contribution >= 4 is 19.7 Å². The van der Waals surface area contributed by atoms with Gasteiger partial charge in [-0.1, -0.05) is 99.3 Å². The minimum atomic E-state index is -1.29. The lowest BCUT2D eigenvalue weighted by Gasteiger charge is -2.18. The predicted octanol–water partition coefficient (Wildman–Crippen LogP) is 7.22. The summed E-state index contributed by atoms with van der Waals surface area (Å²) >= 11 is 0. The van der Waals surface area contributed by atoms with Gasteiger partial charge < -0.3 is 0 Å². The van der Waals surface area contributed by atoms with Crippen LogP contribution in [-0.2, 0) is 0 Å². The molecule has 126 valence electrons. The molecule has 0 N–H and O–H groups in total. The van der Waals surface area contributed by atoms with Gasteiger partial charge in [0.05, 0.1) is 8.07 Å². The van der Waals surface area contributed by atoms with Gasteiger partial charge >= 0.3 is 0 Å². The van der Waals surface area contributed by atoms with Gasteiger partial charge in [-0.3, -0.25) is 0 Å². The van der Waals surface area contributed by atoms with Crippen molar-refractivity contribution < 1.29 is 0 Å². The topological polar surface area (TPSA) is 0 Å². The summed E-state index contributed by atoms with van der Waals surface area (Å²) in [6.07, 6.45) is 6.00. The van der Waals surface area contributed by atoms with E-state index in [1.54, 1.807) is 0 Å². The van der Waals surface area contributed by atoms with Crippen LogP contribution in [0, 0.1) is 0 Å². The molecule has 0 aromatic heterocycles. The second kappa shape index (κ2) is 8.84. The maximum atomic E-state index is 2.59. The number of hydrogen-bond acceptors (Lipinski definition) is 0. The van der Waals surface area contributed by atoms with Gasteiger partial charge in [-0.05, 0) is 41.2 Å². The summed E-state index contributed by atoms with van der Waals surface area (Å²) in [7, 11) is -1.29. The zero-order valence-corrected chi connectivity index (χ0v) is 16.5. The Morgan fingerprint density at radius 1 is 0.875 bits per heavy atom. The maximum Gasteiger partial charge on any atom is 0.0690 e. The zero-order chi connectivity index (χ0) is 17.4. The normalized spacial score (nSPS) is 13.2. The molecule has 0 aliphatic rings. The average Bonchev–Trinajstić information content (AvgIpc) is 2.57. The minimum absolute atomic E-state index is 1.16. The molecule has 24 heavy (non-hydrogen) atoms. The Hall–Kier alpha value is -1.86. The second-order valence-corrected chi connectivity index (χ2v) is 12.5. The van der Waals surface area contributed by atoms with E-state index in [0.29, 0.717) is 0 Å². The van der Waals surface area contributed by atoms with Crippen molar-refractivity contribution in [2.24, 2.45) is 0 Å². The van der Waals surface area contributed by atoms with Crippen molar-refractivity contribution in [3.8, 4) is 0 Å². The number of rotatable bonds is 7. The van der Waals surface area contributed by atoms with Crippen molar-refractivity contribution in [1.82, 2.24) is 0 Å². The molecule has 0 heterocycles. The second-order valence-electron chi connectivity index (χ2n) is 7.47. The zero-order valence-electron chi connectivity index (χ0n) is 15.5. The Balaban J connectivity index is 2.54. The summed E-state index contributed by atoms with van der Waals surface area (Å²) in [6.45, 7) is 9.54. The van der Waals surface area contributed by atoms with Gasteiger partial charge in [-0.15, -0.1) is 0 Å². The molecule has 2 aromatic rings. The van der Waals surface area contributed by atoms with Crippen molar-refractivity contribution in [1.29, 1.82) is 0 Å². The van der Waals surface area contributed by atoms with Crippen molar-refractivity contribution in [2.75, 3.05) is 0 Å². The fourth-order valence-electron chi connectivity index (χ4n) is 2.87. The fraction of sp³-hybridized carbons (Fsp3) is 0.304. The summed E-state index contributed by atoms with van der Waals surface area (Å²) < 4.78 is 0. The molecule has 0 nitrogen and oxygen atoms in total. The fourth-order valence-corrected chi connectivity index (χ4v) is 4.21. The third kappa shape index (κ3) is 5.97. The van der Waals surface area contributed by atoms with Crippen molar-refractivity contribution in [3.63, 3.8) is 0 Å². The Kier molecular flexibility index (Phi) is 6.81. The molecule has 1 heteroatoms. The molecule has 0 radical (unpaired) electrons. The van der Waals surface area contributed by atoms with E-state index in [2.05, 4.69) is 99.0 Å². The lowest BCUT2D eigenvalue weighted by Crippen LogP contribution is -2.17. The Bertz CT molecular complexity index is 673. The highest BCUT2D eigenvalue weighted by Gasteiger charge is 2.15. The number of hydrogen-bond donors (Lipinski definition) is 0. The van der Waals surface area contributed by atoms with Crippen LogP contribution in [0.2, 0.25) is 19.6 Å². The van der Waals surface area contributed by atoms with Crippen molar-refractivity contribution in [3.05, 3.63) is 83.1 Å². The van der Waals surface area contributed by atoms with Crippen molar-refractivity contribution in [2.45, 2.75) is 45.8 Å². The molecule has 0 bridgehead atoms. The molecular formula is C23H30Si. The highest BCUT2D eigenvalue weighted by atomic mass is 28.3. The van der Waals surface area contributed by atoms with Crippen LogP contribution in [0.15, 0.2) is 71.9 Å². The molecule has 0 spiro atoms. The molecule has 0 aliphatic carbocycles. The van der Waals surface area contributed by atoms with Gasteiger partial charge in [0.25, 0.3) is 0 Å². The Morgan fingerprint density at radius 3 is 2.00 bits per heavy atom. The van der Waals surface area contributed by atoms with Gasteiger partial charge in [-0.2, -0.15) is 0 Å². The highest BCUT2D eigenvalue weighted by molar-refractivity contribution is 6.81. The minimum Gasteiger partial charge on any atom is -0.0913 e. The Morgan fingerprint density at radius 2 is 1.46 bits per heavy atom. The van der Waals surface area contributed by atoms with Gasteiger partial charge in [0, 0.05) is 0 Å². The van der Waals surface area contributed by atoms with E-state index < -0.39 is 8.07 Å². The molecular weight excluding hydrogens is 304 g/mol. The first-order chi connectivity index (χ1) is 11.5. The van der Waals surface area contributed by atoms with E-state index in [1.165, 1.54) is 35.1 Å². The van der Waals surface area contributed by atoms with Crippen LogP contribution in [0.1, 0.15) is 37.3 Å². The van der Waals surface area contributed by atoms with Gasteiger partial charge in [0.15, 0.2) is 0 Å². The van der Waals surface area contributed by atoms with E-state index in [-0.39, 0.29) is 0 Å². The van der Waals surface area contributed by atoms with Crippen LogP contribution < -0.4 is 0 Å². The van der Waals surface area contributed by atoms with Gasteiger partial charge in [-0.25, -0.2) is 0 Å². The monoisotopic (exact) mass is 334 g/mol. The third-order valence-electron chi connectivity index (χ3n) is 3.95. The standard InChI is InChI=1S/C23H30Si/c1-5-6-15-22(19-24(2,3)4)23(21-16-11-8-12-17-21)18-20-13-9-7-10-14-20/h7-14,16-19H,5-6,15H2,1-4H3/b22-19+,23-18-. The molecule has 2 rings (SSSR count). The van der Waals surface area contributed by atoms with Gasteiger partial charge in [0.1, 0.15) is 0 Å². The average molecular weight is 335 g/mol. The lowest BCUT2D eigenvalue weighted by molar-refractivity contribution is 0.801. The quantitative estimate of drug-likeness (QED) is 0.285. The SMILES string of the molecule is CCCCC(=C\[Si](C)(C)C)/C(=C\c1ccccc1)c1ccccc1. The highest BCUT2D eigenvalue weighted by Crippen LogP contribution is 2.31. The van der Waals surface area contributed by atoms with Crippen LogP contribution in [0.25, 0.3) is 11.6 Å². The van der Waals surface area contributed by atoms with E-state index in [1.807, 2.05) is 0 Å².